The van der Waals surface area contributed by atoms with Gasteiger partial charge in [0.05, 0.1) is 0 Å². The van der Waals surface area contributed by atoms with Crippen LogP contribution >= 0.6 is 11.6 Å². The van der Waals surface area contributed by atoms with Gasteiger partial charge in [-0.25, -0.2) is 9.18 Å². The highest BCUT2D eigenvalue weighted by molar-refractivity contribution is 6.31. The summed E-state index contributed by atoms with van der Waals surface area (Å²) in [6.45, 7) is 7.51. The van der Waals surface area contributed by atoms with Gasteiger partial charge in [0.2, 0.25) is 0 Å². The Balaban J connectivity index is 1.76. The molecule has 1 saturated carbocycles. The highest BCUT2D eigenvalue weighted by Crippen LogP contribution is 2.28. The molecule has 2 rings (SSSR count). The van der Waals surface area contributed by atoms with E-state index in [1.165, 1.54) is 12.1 Å². The highest BCUT2D eigenvalue weighted by Gasteiger charge is 2.32. The Kier molecular flexibility index (Phi) is 5.53. The molecule has 1 aliphatic carbocycles. The second-order valence-electron chi connectivity index (χ2n) is 7.07. The maximum atomic E-state index is 13.1. The molecule has 1 fully saturated rings. The molecule has 1 aromatic carbocycles. The third kappa shape index (κ3) is 5.36. The summed E-state index contributed by atoms with van der Waals surface area (Å²) in [4.78, 5) is 11.7. The van der Waals surface area contributed by atoms with Crippen molar-refractivity contribution in [3.8, 4) is 0 Å². The van der Waals surface area contributed by atoms with Crippen molar-refractivity contribution in [2.45, 2.75) is 64.3 Å². The lowest BCUT2D eigenvalue weighted by Gasteiger charge is -2.38. The Hall–Kier alpha value is -1.33. The number of hydrogen-bond donors (Lipinski definition) is 2. The smallest absolute Gasteiger partial charge is 0.407 e. The molecular weight excluding hydrogens is 319 g/mol. The van der Waals surface area contributed by atoms with E-state index in [0.717, 1.165) is 18.4 Å². The standard InChI is InChI=1S/C17H24ClFN2O2/c1-10(14-6-5-11(19)7-15(14)18)20-12-8-13(9-12)21-16(22)23-17(2,3)4/h5-7,10,12-13,20H,8-9H2,1-4H3,(H,21,22). The Morgan fingerprint density at radius 1 is 1.35 bits per heavy atom. The van der Waals surface area contributed by atoms with Crippen LogP contribution in [0.5, 0.6) is 0 Å². The first-order valence-electron chi connectivity index (χ1n) is 7.84. The van der Waals surface area contributed by atoms with Crippen molar-refractivity contribution >= 4 is 17.7 Å². The molecule has 2 N–H and O–H groups in total. The summed E-state index contributed by atoms with van der Waals surface area (Å²) in [6.07, 6.45) is 1.29. The van der Waals surface area contributed by atoms with E-state index in [9.17, 15) is 9.18 Å². The topological polar surface area (TPSA) is 50.4 Å². The zero-order valence-corrected chi connectivity index (χ0v) is 14.7. The van der Waals surface area contributed by atoms with Gasteiger partial charge in [0.1, 0.15) is 11.4 Å². The van der Waals surface area contributed by atoms with E-state index >= 15 is 0 Å². The lowest BCUT2D eigenvalue weighted by molar-refractivity contribution is 0.0463. The van der Waals surface area contributed by atoms with E-state index < -0.39 is 5.60 Å². The number of amides is 1. The van der Waals surface area contributed by atoms with E-state index in [0.29, 0.717) is 11.1 Å². The molecule has 0 aliphatic heterocycles. The average molecular weight is 343 g/mol. The molecule has 1 aromatic rings. The maximum Gasteiger partial charge on any atom is 0.407 e. The summed E-state index contributed by atoms with van der Waals surface area (Å²) in [6, 6.07) is 4.88. The van der Waals surface area contributed by atoms with Crippen molar-refractivity contribution < 1.29 is 13.9 Å². The zero-order chi connectivity index (χ0) is 17.2. The van der Waals surface area contributed by atoms with Crippen LogP contribution < -0.4 is 10.6 Å². The molecule has 6 heteroatoms. The maximum absolute atomic E-state index is 13.1. The number of ether oxygens (including phenoxy) is 1. The minimum Gasteiger partial charge on any atom is -0.444 e. The number of hydrogen-bond acceptors (Lipinski definition) is 3. The third-order valence-electron chi connectivity index (χ3n) is 3.77. The molecule has 0 spiro atoms. The Morgan fingerprint density at radius 2 is 2.00 bits per heavy atom. The molecular formula is C17H24ClFN2O2. The van der Waals surface area contributed by atoms with Crippen molar-refractivity contribution in [3.63, 3.8) is 0 Å². The molecule has 1 aliphatic rings. The zero-order valence-electron chi connectivity index (χ0n) is 14.0. The van der Waals surface area contributed by atoms with Gasteiger partial charge in [0, 0.05) is 23.1 Å². The van der Waals surface area contributed by atoms with Gasteiger partial charge in [-0.05, 0) is 58.2 Å². The van der Waals surface area contributed by atoms with Gasteiger partial charge in [-0.15, -0.1) is 0 Å². The van der Waals surface area contributed by atoms with Crippen molar-refractivity contribution in [2.75, 3.05) is 0 Å². The molecule has 0 bridgehead atoms. The van der Waals surface area contributed by atoms with Gasteiger partial charge < -0.3 is 15.4 Å². The normalized spacial score (nSPS) is 22.2. The first-order chi connectivity index (χ1) is 10.6. The first kappa shape index (κ1) is 18.0. The predicted octanol–water partition coefficient (Wildman–Crippen LogP) is 4.19. The minimum atomic E-state index is -0.487. The van der Waals surface area contributed by atoms with Crippen LogP contribution in [0, 0.1) is 5.82 Å². The van der Waals surface area contributed by atoms with Crippen LogP contribution in [0.1, 0.15) is 52.1 Å². The van der Waals surface area contributed by atoms with E-state index in [-0.39, 0.29) is 24.0 Å². The number of rotatable bonds is 4. The third-order valence-corrected chi connectivity index (χ3v) is 4.10. The predicted molar refractivity (Wildman–Crippen MR) is 89.1 cm³/mol. The molecule has 0 heterocycles. The Labute approximate surface area is 141 Å². The summed E-state index contributed by atoms with van der Waals surface area (Å²) in [5.74, 6) is -0.337. The summed E-state index contributed by atoms with van der Waals surface area (Å²) in [5.41, 5.74) is 0.385. The number of halogens is 2. The van der Waals surface area contributed by atoms with Gasteiger partial charge in [0.25, 0.3) is 0 Å². The monoisotopic (exact) mass is 342 g/mol. The van der Waals surface area contributed by atoms with Gasteiger partial charge in [-0.3, -0.25) is 0 Å². The number of benzene rings is 1. The van der Waals surface area contributed by atoms with Crippen molar-refractivity contribution in [1.29, 1.82) is 0 Å². The second kappa shape index (κ2) is 7.05. The molecule has 23 heavy (non-hydrogen) atoms. The van der Waals surface area contributed by atoms with Crippen LogP contribution in [0.4, 0.5) is 9.18 Å². The fraction of sp³-hybridized carbons (Fsp3) is 0.588. The van der Waals surface area contributed by atoms with Crippen molar-refractivity contribution in [3.05, 3.63) is 34.6 Å². The van der Waals surface area contributed by atoms with E-state index in [2.05, 4.69) is 10.6 Å². The number of carbonyl (C=O) groups excluding carboxylic acids is 1. The fourth-order valence-electron chi connectivity index (χ4n) is 2.64. The van der Waals surface area contributed by atoms with E-state index in [4.69, 9.17) is 16.3 Å². The van der Waals surface area contributed by atoms with Gasteiger partial charge in [0.15, 0.2) is 0 Å². The largest absolute Gasteiger partial charge is 0.444 e. The number of carbonyl (C=O) groups is 1. The highest BCUT2D eigenvalue weighted by atomic mass is 35.5. The van der Waals surface area contributed by atoms with Crippen LogP contribution in [0.15, 0.2) is 18.2 Å². The second-order valence-corrected chi connectivity index (χ2v) is 7.47. The molecule has 4 nitrogen and oxygen atoms in total. The molecule has 0 aromatic heterocycles. The molecule has 0 saturated heterocycles. The first-order valence-corrected chi connectivity index (χ1v) is 8.22. The van der Waals surface area contributed by atoms with Crippen molar-refractivity contribution in [1.82, 2.24) is 10.6 Å². The lowest BCUT2D eigenvalue weighted by Crippen LogP contribution is -2.53. The Bertz CT molecular complexity index is 568. The van der Waals surface area contributed by atoms with Crippen LogP contribution in [0.3, 0.4) is 0 Å². The molecule has 1 amide bonds. The molecule has 128 valence electrons. The van der Waals surface area contributed by atoms with Crippen LogP contribution in [-0.4, -0.2) is 23.8 Å². The molecule has 1 unspecified atom stereocenters. The van der Waals surface area contributed by atoms with Crippen LogP contribution in [-0.2, 0) is 4.74 Å². The van der Waals surface area contributed by atoms with Crippen LogP contribution in [0.2, 0.25) is 5.02 Å². The summed E-state index contributed by atoms with van der Waals surface area (Å²) >= 11 is 6.07. The number of nitrogens with one attached hydrogen (secondary N) is 2. The summed E-state index contributed by atoms with van der Waals surface area (Å²) in [5, 5.41) is 6.73. The Morgan fingerprint density at radius 3 is 2.57 bits per heavy atom. The summed E-state index contributed by atoms with van der Waals surface area (Å²) in [7, 11) is 0. The minimum absolute atomic E-state index is 0.0237. The van der Waals surface area contributed by atoms with Crippen LogP contribution in [0.25, 0.3) is 0 Å². The molecule has 0 radical (unpaired) electrons. The number of alkyl carbamates (subject to hydrolysis) is 1. The van der Waals surface area contributed by atoms with E-state index in [1.807, 2.05) is 27.7 Å². The summed E-state index contributed by atoms with van der Waals surface area (Å²) < 4.78 is 18.3. The van der Waals surface area contributed by atoms with E-state index in [1.54, 1.807) is 6.07 Å². The quantitative estimate of drug-likeness (QED) is 0.862. The lowest BCUT2D eigenvalue weighted by atomic mass is 9.86. The van der Waals surface area contributed by atoms with Gasteiger partial charge in [-0.1, -0.05) is 17.7 Å². The molecule has 1 atom stereocenters. The van der Waals surface area contributed by atoms with Gasteiger partial charge >= 0.3 is 6.09 Å². The van der Waals surface area contributed by atoms with Crippen molar-refractivity contribution in [2.24, 2.45) is 0 Å². The fourth-order valence-corrected chi connectivity index (χ4v) is 2.97. The average Bonchev–Trinajstić information content (AvgIpc) is 2.33. The SMILES string of the molecule is CC(NC1CC(NC(=O)OC(C)(C)C)C1)c1ccc(F)cc1Cl. The van der Waals surface area contributed by atoms with Gasteiger partial charge in [-0.2, -0.15) is 0 Å².